The van der Waals surface area contributed by atoms with Crippen molar-refractivity contribution in [1.82, 2.24) is 14.5 Å². The first-order valence-corrected chi connectivity index (χ1v) is 20.1. The average Bonchev–Trinajstić information content (AvgIpc) is 3.93. The Morgan fingerprint density at radius 3 is 1.76 bits per heavy atom. The summed E-state index contributed by atoms with van der Waals surface area (Å²) in [4.78, 5) is 11.0. The number of hydrogen-bond acceptors (Lipinski definition) is 4. The fourth-order valence-corrected chi connectivity index (χ4v) is 11.1. The SMILES string of the molecule is c1ccc(-c2cc(-c3cccc4c3sc3ccccc34)nc(-c3cc4c(c5ccccc5n4-c4ccccc4)c4c3ccc3c5ccccc5sc34)n2)cc1. The van der Waals surface area contributed by atoms with E-state index < -0.39 is 0 Å². The summed E-state index contributed by atoms with van der Waals surface area (Å²) in [7, 11) is 0. The molecular formula is C50H29N3S2. The molecule has 0 bridgehead atoms. The highest BCUT2D eigenvalue weighted by Gasteiger charge is 2.23. The number of hydrogen-bond donors (Lipinski definition) is 0. The molecule has 0 aliphatic rings. The molecule has 4 aromatic heterocycles. The summed E-state index contributed by atoms with van der Waals surface area (Å²) in [6.07, 6.45) is 0. The van der Waals surface area contributed by atoms with Gasteiger partial charge in [0.1, 0.15) is 0 Å². The van der Waals surface area contributed by atoms with Crippen molar-refractivity contribution in [3.05, 3.63) is 176 Å². The molecule has 0 aliphatic carbocycles. The van der Waals surface area contributed by atoms with Gasteiger partial charge in [-0.3, -0.25) is 0 Å². The lowest BCUT2D eigenvalue weighted by molar-refractivity contribution is 1.17. The maximum Gasteiger partial charge on any atom is 0.161 e. The minimum atomic E-state index is 0.715. The van der Waals surface area contributed by atoms with Crippen LogP contribution in [0.15, 0.2) is 176 Å². The molecular weight excluding hydrogens is 707 g/mol. The molecule has 5 heteroatoms. The minimum absolute atomic E-state index is 0.715. The highest BCUT2D eigenvalue weighted by Crippen LogP contribution is 2.48. The highest BCUT2D eigenvalue weighted by atomic mass is 32.1. The first kappa shape index (κ1) is 30.8. The zero-order chi connectivity index (χ0) is 36.0. The summed E-state index contributed by atoms with van der Waals surface area (Å²) in [6, 6.07) is 63.3. The van der Waals surface area contributed by atoms with Crippen LogP contribution in [0.4, 0.5) is 0 Å². The number of fused-ring (bicyclic) bond motifs is 12. The largest absolute Gasteiger partial charge is 0.309 e. The molecule has 3 nitrogen and oxygen atoms in total. The second-order valence-electron chi connectivity index (χ2n) is 14.1. The summed E-state index contributed by atoms with van der Waals surface area (Å²) in [5.74, 6) is 0.715. The van der Waals surface area contributed by atoms with Gasteiger partial charge in [0.2, 0.25) is 0 Å². The van der Waals surface area contributed by atoms with Crippen molar-refractivity contribution >= 4 is 95.6 Å². The molecule has 0 unspecified atom stereocenters. The standard InChI is InChI=1S/C50H29N3S2/c1-3-14-30(15-4-1)40-29-41(37-22-13-21-35-32-18-8-11-24-44(32)54-48(35)37)52-50(51-40)39-28-43-46(38-20-7-10-23-42(38)53(43)31-16-5-2-6-17-31)47-34(39)26-27-36-33-19-9-12-25-45(33)55-49(36)47/h1-29H. The van der Waals surface area contributed by atoms with E-state index in [2.05, 4.69) is 180 Å². The zero-order valence-electron chi connectivity index (χ0n) is 29.4. The van der Waals surface area contributed by atoms with Crippen LogP contribution in [0, 0.1) is 0 Å². The summed E-state index contributed by atoms with van der Waals surface area (Å²) in [5, 5.41) is 9.99. The van der Waals surface area contributed by atoms with Crippen molar-refractivity contribution in [1.29, 1.82) is 0 Å². The van der Waals surface area contributed by atoms with Crippen molar-refractivity contribution in [2.45, 2.75) is 0 Å². The van der Waals surface area contributed by atoms with Crippen LogP contribution in [0.25, 0.3) is 113 Å². The zero-order valence-corrected chi connectivity index (χ0v) is 31.0. The lowest BCUT2D eigenvalue weighted by atomic mass is 9.96. The number of thiophene rings is 2. The van der Waals surface area contributed by atoms with Gasteiger partial charge in [-0.1, -0.05) is 133 Å². The van der Waals surface area contributed by atoms with E-state index >= 15 is 0 Å². The van der Waals surface area contributed by atoms with Crippen molar-refractivity contribution in [2.24, 2.45) is 0 Å². The Balaban J connectivity index is 1.25. The number of nitrogens with zero attached hydrogens (tertiary/aromatic N) is 3. The Morgan fingerprint density at radius 1 is 0.382 bits per heavy atom. The van der Waals surface area contributed by atoms with Crippen LogP contribution >= 0.6 is 22.7 Å². The monoisotopic (exact) mass is 735 g/mol. The molecule has 12 aromatic rings. The molecule has 4 heterocycles. The van der Waals surface area contributed by atoms with Crippen molar-refractivity contribution in [3.8, 4) is 39.6 Å². The molecule has 0 saturated heterocycles. The first-order valence-electron chi connectivity index (χ1n) is 18.5. The maximum absolute atomic E-state index is 5.55. The number of aromatic nitrogens is 3. The van der Waals surface area contributed by atoms with Gasteiger partial charge in [0, 0.05) is 78.9 Å². The molecule has 12 rings (SSSR count). The Kier molecular flexibility index (Phi) is 6.67. The van der Waals surface area contributed by atoms with E-state index in [4.69, 9.17) is 9.97 Å². The van der Waals surface area contributed by atoms with Gasteiger partial charge < -0.3 is 4.57 Å². The Labute approximate surface area is 324 Å². The van der Waals surface area contributed by atoms with Gasteiger partial charge in [0.15, 0.2) is 5.82 Å². The molecule has 0 aliphatic heterocycles. The summed E-state index contributed by atoms with van der Waals surface area (Å²) in [6.45, 7) is 0. The lowest BCUT2D eigenvalue weighted by Gasteiger charge is -2.14. The molecule has 8 aromatic carbocycles. The van der Waals surface area contributed by atoms with Gasteiger partial charge >= 0.3 is 0 Å². The van der Waals surface area contributed by atoms with Crippen LogP contribution in [0.2, 0.25) is 0 Å². The Hall–Kier alpha value is -6.66. The van der Waals surface area contributed by atoms with Crippen molar-refractivity contribution in [2.75, 3.05) is 0 Å². The fraction of sp³-hybridized carbons (Fsp3) is 0. The number of rotatable bonds is 4. The number of benzene rings is 8. The summed E-state index contributed by atoms with van der Waals surface area (Å²) >= 11 is 3.71. The van der Waals surface area contributed by atoms with Crippen LogP contribution < -0.4 is 0 Å². The topological polar surface area (TPSA) is 30.7 Å². The molecule has 55 heavy (non-hydrogen) atoms. The second-order valence-corrected chi connectivity index (χ2v) is 16.2. The molecule has 0 spiro atoms. The van der Waals surface area contributed by atoms with Crippen LogP contribution in [0.3, 0.4) is 0 Å². The van der Waals surface area contributed by atoms with E-state index in [1.807, 2.05) is 22.7 Å². The second kappa shape index (κ2) is 11.9. The number of para-hydroxylation sites is 2. The van der Waals surface area contributed by atoms with Gasteiger partial charge in [-0.05, 0) is 47.9 Å². The van der Waals surface area contributed by atoms with E-state index in [9.17, 15) is 0 Å². The maximum atomic E-state index is 5.55. The van der Waals surface area contributed by atoms with Crippen LogP contribution in [0.5, 0.6) is 0 Å². The smallest absolute Gasteiger partial charge is 0.161 e. The average molecular weight is 736 g/mol. The Bertz CT molecular complexity index is 3480. The predicted molar refractivity (Wildman–Crippen MR) is 236 cm³/mol. The van der Waals surface area contributed by atoms with Crippen LogP contribution in [-0.4, -0.2) is 14.5 Å². The summed E-state index contributed by atoms with van der Waals surface area (Å²) < 4.78 is 7.51. The van der Waals surface area contributed by atoms with Crippen molar-refractivity contribution < 1.29 is 0 Å². The van der Waals surface area contributed by atoms with E-state index in [0.29, 0.717) is 5.82 Å². The highest BCUT2D eigenvalue weighted by molar-refractivity contribution is 7.27. The quantitative estimate of drug-likeness (QED) is 0.180. The molecule has 256 valence electrons. The third kappa shape index (κ3) is 4.61. The van der Waals surface area contributed by atoms with Gasteiger partial charge in [0.05, 0.1) is 22.4 Å². The normalized spacial score (nSPS) is 12.0. The Morgan fingerprint density at radius 2 is 0.982 bits per heavy atom. The van der Waals surface area contributed by atoms with Gasteiger partial charge in [-0.15, -0.1) is 22.7 Å². The van der Waals surface area contributed by atoms with E-state index in [1.54, 1.807) is 0 Å². The fourth-order valence-electron chi connectivity index (χ4n) is 8.59. The third-order valence-corrected chi connectivity index (χ3v) is 13.4. The molecule has 0 fully saturated rings. The van der Waals surface area contributed by atoms with Gasteiger partial charge in [-0.2, -0.15) is 0 Å². The third-order valence-electron chi connectivity index (χ3n) is 11.0. The van der Waals surface area contributed by atoms with Crippen molar-refractivity contribution in [3.63, 3.8) is 0 Å². The summed E-state index contributed by atoms with van der Waals surface area (Å²) in [5.41, 5.74) is 8.46. The first-order chi connectivity index (χ1) is 27.3. The lowest BCUT2D eigenvalue weighted by Crippen LogP contribution is -1.98. The molecule has 0 amide bonds. The molecule has 0 saturated carbocycles. The molecule has 0 N–H and O–H groups in total. The van der Waals surface area contributed by atoms with Crippen LogP contribution in [0.1, 0.15) is 0 Å². The minimum Gasteiger partial charge on any atom is -0.309 e. The van der Waals surface area contributed by atoms with E-state index in [0.717, 1.165) is 44.7 Å². The van der Waals surface area contributed by atoms with E-state index in [-0.39, 0.29) is 0 Å². The van der Waals surface area contributed by atoms with Crippen LogP contribution in [-0.2, 0) is 0 Å². The molecule has 0 radical (unpaired) electrons. The van der Waals surface area contributed by atoms with E-state index in [1.165, 1.54) is 62.0 Å². The van der Waals surface area contributed by atoms with Gasteiger partial charge in [-0.25, -0.2) is 9.97 Å². The van der Waals surface area contributed by atoms with Gasteiger partial charge in [0.25, 0.3) is 0 Å². The molecule has 0 atom stereocenters. The predicted octanol–water partition coefficient (Wildman–Crippen LogP) is 14.5.